The standard InChI is InChI=1S/C13H23NO/c1-5-7-12(14-3)13(15-4)9-6-8-11(2)10-13/h1,11-12,14H,6-10H2,2-4H3. The molecule has 2 nitrogen and oxygen atoms in total. The average molecular weight is 209 g/mol. The van der Waals surface area contributed by atoms with Crippen LogP contribution >= 0.6 is 0 Å². The molecule has 3 atom stereocenters. The lowest BCUT2D eigenvalue weighted by atomic mass is 9.74. The van der Waals surface area contributed by atoms with Gasteiger partial charge in [-0.2, -0.15) is 0 Å². The summed E-state index contributed by atoms with van der Waals surface area (Å²) in [5, 5.41) is 3.32. The second-order valence-corrected chi connectivity index (χ2v) is 4.72. The Morgan fingerprint density at radius 1 is 1.67 bits per heavy atom. The predicted octanol–water partition coefficient (Wildman–Crippen LogP) is 2.19. The molecule has 2 heteroatoms. The molecular weight excluding hydrogens is 186 g/mol. The van der Waals surface area contributed by atoms with Crippen molar-refractivity contribution in [2.45, 2.75) is 50.7 Å². The SMILES string of the molecule is C#CCC(NC)C1(OC)CCCC(C)C1. The van der Waals surface area contributed by atoms with Crippen molar-refractivity contribution in [2.24, 2.45) is 5.92 Å². The quantitative estimate of drug-likeness (QED) is 0.717. The van der Waals surface area contributed by atoms with Crippen molar-refractivity contribution in [1.29, 1.82) is 0 Å². The van der Waals surface area contributed by atoms with Gasteiger partial charge in [-0.1, -0.05) is 19.8 Å². The van der Waals surface area contributed by atoms with E-state index in [1.54, 1.807) is 0 Å². The van der Waals surface area contributed by atoms with Gasteiger partial charge in [0.25, 0.3) is 0 Å². The van der Waals surface area contributed by atoms with Crippen molar-refractivity contribution in [3.63, 3.8) is 0 Å². The van der Waals surface area contributed by atoms with E-state index in [1.807, 2.05) is 14.2 Å². The number of nitrogens with one attached hydrogen (secondary N) is 1. The van der Waals surface area contributed by atoms with E-state index in [9.17, 15) is 0 Å². The molecule has 0 aromatic heterocycles. The molecule has 0 saturated heterocycles. The second-order valence-electron chi connectivity index (χ2n) is 4.72. The molecule has 1 aliphatic rings. The van der Waals surface area contributed by atoms with Crippen LogP contribution in [0.3, 0.4) is 0 Å². The topological polar surface area (TPSA) is 21.3 Å². The lowest BCUT2D eigenvalue weighted by Gasteiger charge is -2.44. The minimum Gasteiger partial charge on any atom is -0.377 e. The van der Waals surface area contributed by atoms with E-state index in [2.05, 4.69) is 18.2 Å². The second kappa shape index (κ2) is 5.53. The molecule has 3 unspecified atom stereocenters. The zero-order chi connectivity index (χ0) is 11.3. The number of ether oxygens (including phenoxy) is 1. The van der Waals surface area contributed by atoms with E-state index in [0.29, 0.717) is 0 Å². The lowest BCUT2D eigenvalue weighted by Crippen LogP contribution is -2.53. The van der Waals surface area contributed by atoms with Crippen LogP contribution in [-0.2, 0) is 4.74 Å². The lowest BCUT2D eigenvalue weighted by molar-refractivity contribution is -0.0765. The Labute approximate surface area is 93.8 Å². The molecule has 0 amide bonds. The number of hydrogen-bond acceptors (Lipinski definition) is 2. The van der Waals surface area contributed by atoms with Gasteiger partial charge < -0.3 is 10.1 Å². The first kappa shape index (κ1) is 12.5. The van der Waals surface area contributed by atoms with E-state index < -0.39 is 0 Å². The minimum atomic E-state index is -0.0429. The molecule has 0 radical (unpaired) electrons. The third kappa shape index (κ3) is 2.74. The van der Waals surface area contributed by atoms with Gasteiger partial charge in [0, 0.05) is 19.6 Å². The van der Waals surface area contributed by atoms with Gasteiger partial charge in [-0.25, -0.2) is 0 Å². The van der Waals surface area contributed by atoms with E-state index in [0.717, 1.165) is 25.2 Å². The molecular formula is C13H23NO. The Morgan fingerprint density at radius 3 is 2.87 bits per heavy atom. The van der Waals surface area contributed by atoms with Crippen LogP contribution in [0.4, 0.5) is 0 Å². The highest BCUT2D eigenvalue weighted by Crippen LogP contribution is 2.37. The number of rotatable bonds is 4. The molecule has 1 N–H and O–H groups in total. The zero-order valence-electron chi connectivity index (χ0n) is 10.2. The molecule has 0 heterocycles. The van der Waals surface area contributed by atoms with Crippen LogP contribution in [0.5, 0.6) is 0 Å². The Kier molecular flexibility index (Phi) is 4.63. The highest BCUT2D eigenvalue weighted by Gasteiger charge is 2.40. The summed E-state index contributed by atoms with van der Waals surface area (Å²) in [7, 11) is 3.79. The van der Waals surface area contributed by atoms with Crippen LogP contribution in [0.1, 0.15) is 39.0 Å². The zero-order valence-corrected chi connectivity index (χ0v) is 10.2. The smallest absolute Gasteiger partial charge is 0.0842 e. The van der Waals surface area contributed by atoms with Gasteiger partial charge >= 0.3 is 0 Å². The predicted molar refractivity (Wildman–Crippen MR) is 63.7 cm³/mol. The van der Waals surface area contributed by atoms with Crippen LogP contribution in [-0.4, -0.2) is 25.8 Å². The number of methoxy groups -OCH3 is 1. The molecule has 0 aromatic carbocycles. The van der Waals surface area contributed by atoms with Crippen LogP contribution in [0.15, 0.2) is 0 Å². The summed E-state index contributed by atoms with van der Waals surface area (Å²) >= 11 is 0. The van der Waals surface area contributed by atoms with Gasteiger partial charge in [0.1, 0.15) is 0 Å². The van der Waals surface area contributed by atoms with Gasteiger partial charge in [0.15, 0.2) is 0 Å². The molecule has 0 aliphatic heterocycles. The summed E-state index contributed by atoms with van der Waals surface area (Å²) in [5.41, 5.74) is -0.0429. The van der Waals surface area contributed by atoms with Gasteiger partial charge in [-0.3, -0.25) is 0 Å². The van der Waals surface area contributed by atoms with Crippen molar-refractivity contribution in [3.8, 4) is 12.3 Å². The normalized spacial score (nSPS) is 33.3. The first-order valence-corrected chi connectivity index (χ1v) is 5.84. The first-order valence-electron chi connectivity index (χ1n) is 5.84. The van der Waals surface area contributed by atoms with Crippen LogP contribution in [0.2, 0.25) is 0 Å². The van der Waals surface area contributed by atoms with Gasteiger partial charge in [-0.05, 0) is 25.8 Å². The van der Waals surface area contributed by atoms with Gasteiger partial charge in [0.2, 0.25) is 0 Å². The molecule has 1 fully saturated rings. The molecule has 0 bridgehead atoms. The minimum absolute atomic E-state index is 0.0429. The largest absolute Gasteiger partial charge is 0.377 e. The summed E-state index contributed by atoms with van der Waals surface area (Å²) < 4.78 is 5.80. The monoisotopic (exact) mass is 209 g/mol. The van der Waals surface area contributed by atoms with Crippen molar-refractivity contribution < 1.29 is 4.74 Å². The summed E-state index contributed by atoms with van der Waals surface area (Å²) in [6.07, 6.45) is 11.0. The molecule has 1 saturated carbocycles. The average Bonchev–Trinajstić information content (AvgIpc) is 2.25. The van der Waals surface area contributed by atoms with Crippen LogP contribution < -0.4 is 5.32 Å². The fourth-order valence-electron chi connectivity index (χ4n) is 2.86. The van der Waals surface area contributed by atoms with Crippen molar-refractivity contribution >= 4 is 0 Å². The molecule has 0 aromatic rings. The van der Waals surface area contributed by atoms with Gasteiger partial charge in [0.05, 0.1) is 5.60 Å². The summed E-state index contributed by atoms with van der Waals surface area (Å²) in [5.74, 6) is 3.49. The van der Waals surface area contributed by atoms with Crippen molar-refractivity contribution in [1.82, 2.24) is 5.32 Å². The highest BCUT2D eigenvalue weighted by molar-refractivity contribution is 5.02. The van der Waals surface area contributed by atoms with Crippen molar-refractivity contribution in [2.75, 3.05) is 14.2 Å². The van der Waals surface area contributed by atoms with Gasteiger partial charge in [-0.15, -0.1) is 12.3 Å². The van der Waals surface area contributed by atoms with Crippen LogP contribution in [0.25, 0.3) is 0 Å². The fraction of sp³-hybridized carbons (Fsp3) is 0.846. The van der Waals surface area contributed by atoms with Crippen molar-refractivity contribution in [3.05, 3.63) is 0 Å². The maximum absolute atomic E-state index is 5.80. The first-order chi connectivity index (χ1) is 7.18. The Bertz CT molecular complexity index is 233. The van der Waals surface area contributed by atoms with Crippen LogP contribution in [0, 0.1) is 18.3 Å². The molecule has 0 spiro atoms. The molecule has 1 aliphatic carbocycles. The fourth-order valence-corrected chi connectivity index (χ4v) is 2.86. The summed E-state index contributed by atoms with van der Waals surface area (Å²) in [4.78, 5) is 0. The Balaban J connectivity index is 2.77. The third-order valence-electron chi connectivity index (χ3n) is 3.70. The Morgan fingerprint density at radius 2 is 2.40 bits per heavy atom. The molecule has 15 heavy (non-hydrogen) atoms. The summed E-state index contributed by atoms with van der Waals surface area (Å²) in [6.45, 7) is 2.30. The highest BCUT2D eigenvalue weighted by atomic mass is 16.5. The van der Waals surface area contributed by atoms with E-state index in [1.165, 1.54) is 12.8 Å². The maximum Gasteiger partial charge on any atom is 0.0842 e. The van der Waals surface area contributed by atoms with E-state index in [-0.39, 0.29) is 11.6 Å². The maximum atomic E-state index is 5.80. The number of likely N-dealkylation sites (N-methyl/N-ethyl adjacent to an activating group) is 1. The van der Waals surface area contributed by atoms with E-state index >= 15 is 0 Å². The number of hydrogen-bond donors (Lipinski definition) is 1. The number of terminal acetylenes is 1. The Hall–Kier alpha value is -0.520. The molecule has 86 valence electrons. The summed E-state index contributed by atoms with van der Waals surface area (Å²) in [6, 6.07) is 0.287. The third-order valence-corrected chi connectivity index (χ3v) is 3.70. The molecule has 1 rings (SSSR count). The van der Waals surface area contributed by atoms with E-state index in [4.69, 9.17) is 11.2 Å².